The van der Waals surface area contributed by atoms with Crippen LogP contribution in [0.4, 0.5) is 0 Å². The number of rotatable bonds is 3. The Morgan fingerprint density at radius 2 is 2.57 bits per heavy atom. The van der Waals surface area contributed by atoms with Gasteiger partial charge in [-0.3, -0.25) is 0 Å². The van der Waals surface area contributed by atoms with Crippen LogP contribution in [0, 0.1) is 0 Å². The summed E-state index contributed by atoms with van der Waals surface area (Å²) in [7, 11) is 0. The molecule has 3 heteroatoms. The fourth-order valence-corrected chi connectivity index (χ4v) is 0.364. The Bertz CT molecular complexity index is 53.7. The molecule has 1 aliphatic heterocycles. The average molecular weight is 103 g/mol. The zero-order valence-electron chi connectivity index (χ0n) is 4.09. The van der Waals surface area contributed by atoms with Crippen LogP contribution < -0.4 is 5.73 Å². The molecule has 0 saturated carbocycles. The van der Waals surface area contributed by atoms with Crippen molar-refractivity contribution >= 4 is 0 Å². The number of hydrogen-bond acceptors (Lipinski definition) is 3. The van der Waals surface area contributed by atoms with Gasteiger partial charge in [-0.05, 0) is 0 Å². The van der Waals surface area contributed by atoms with Gasteiger partial charge >= 0.3 is 0 Å². The Morgan fingerprint density at radius 1 is 1.86 bits per heavy atom. The van der Waals surface area contributed by atoms with Crippen molar-refractivity contribution in [1.82, 2.24) is 0 Å². The third-order valence-electron chi connectivity index (χ3n) is 0.824. The van der Waals surface area contributed by atoms with Gasteiger partial charge in [0, 0.05) is 0 Å². The second-order valence-corrected chi connectivity index (χ2v) is 1.49. The van der Waals surface area contributed by atoms with Crippen molar-refractivity contribution in [2.24, 2.45) is 5.73 Å². The quantitative estimate of drug-likeness (QED) is 0.380. The first-order valence-corrected chi connectivity index (χ1v) is 2.33. The summed E-state index contributed by atoms with van der Waals surface area (Å²) in [5.74, 6) is 0. The van der Waals surface area contributed by atoms with Crippen LogP contribution in [0.1, 0.15) is 0 Å². The molecule has 1 aliphatic rings. The van der Waals surface area contributed by atoms with Gasteiger partial charge in [-0.2, -0.15) is 0 Å². The van der Waals surface area contributed by atoms with Crippen LogP contribution >= 0.6 is 0 Å². The molecule has 0 radical (unpaired) electrons. The fraction of sp³-hybridized carbons (Fsp3) is 1.00. The van der Waals surface area contributed by atoms with Crippen LogP contribution in [0.3, 0.4) is 0 Å². The number of ether oxygens (including phenoxy) is 2. The predicted molar refractivity (Wildman–Crippen MR) is 24.7 cm³/mol. The van der Waals surface area contributed by atoms with E-state index in [-0.39, 0.29) is 0 Å². The van der Waals surface area contributed by atoms with Crippen molar-refractivity contribution in [1.29, 1.82) is 0 Å². The summed E-state index contributed by atoms with van der Waals surface area (Å²) in [5.41, 5.74) is 5.03. The van der Waals surface area contributed by atoms with Crippen LogP contribution in [-0.4, -0.2) is 26.0 Å². The van der Waals surface area contributed by atoms with Crippen LogP contribution in [0.25, 0.3) is 0 Å². The Labute approximate surface area is 42.4 Å². The van der Waals surface area contributed by atoms with Crippen molar-refractivity contribution in [3.05, 3.63) is 0 Å². The van der Waals surface area contributed by atoms with Gasteiger partial charge in [0.25, 0.3) is 0 Å². The minimum atomic E-state index is 0.305. The molecule has 0 aromatic rings. The molecule has 1 rings (SSSR count). The van der Waals surface area contributed by atoms with E-state index in [4.69, 9.17) is 15.2 Å². The molecule has 0 bridgehead atoms. The standard InChI is InChI=1S/C4H9NO2/c5-3-6-1-4-2-7-4/h4H,1-3,5H2. The van der Waals surface area contributed by atoms with E-state index in [2.05, 4.69) is 0 Å². The third kappa shape index (κ3) is 1.87. The summed E-state index contributed by atoms with van der Waals surface area (Å²) in [6, 6.07) is 0. The van der Waals surface area contributed by atoms with Gasteiger partial charge in [0.2, 0.25) is 0 Å². The molecule has 1 fully saturated rings. The largest absolute Gasteiger partial charge is 0.371 e. The molecule has 1 saturated heterocycles. The first kappa shape index (κ1) is 5.03. The van der Waals surface area contributed by atoms with Gasteiger partial charge in [0.1, 0.15) is 6.10 Å². The Hall–Kier alpha value is -0.120. The molecular weight excluding hydrogens is 94.0 g/mol. The highest BCUT2D eigenvalue weighted by atomic mass is 16.6. The van der Waals surface area contributed by atoms with E-state index in [1.807, 2.05) is 0 Å². The second kappa shape index (κ2) is 2.26. The van der Waals surface area contributed by atoms with Crippen LogP contribution in [0.15, 0.2) is 0 Å². The van der Waals surface area contributed by atoms with Crippen LogP contribution in [0.2, 0.25) is 0 Å². The summed E-state index contributed by atoms with van der Waals surface area (Å²) < 4.78 is 9.64. The highest BCUT2D eigenvalue weighted by Crippen LogP contribution is 2.07. The Kier molecular flexibility index (Phi) is 1.62. The highest BCUT2D eigenvalue weighted by molar-refractivity contribution is 4.66. The van der Waals surface area contributed by atoms with E-state index >= 15 is 0 Å². The molecule has 7 heavy (non-hydrogen) atoms. The monoisotopic (exact) mass is 103 g/mol. The molecule has 1 unspecified atom stereocenters. The molecule has 2 N–H and O–H groups in total. The van der Waals surface area contributed by atoms with Crippen molar-refractivity contribution in [3.63, 3.8) is 0 Å². The van der Waals surface area contributed by atoms with Gasteiger partial charge in [0.15, 0.2) is 0 Å². The van der Waals surface area contributed by atoms with Crippen molar-refractivity contribution in [2.45, 2.75) is 6.10 Å². The van der Waals surface area contributed by atoms with E-state index in [0.29, 0.717) is 19.4 Å². The molecule has 0 spiro atoms. The summed E-state index contributed by atoms with van der Waals surface area (Å²) in [6.07, 6.45) is 0.351. The maximum absolute atomic E-state index is 5.03. The third-order valence-corrected chi connectivity index (χ3v) is 0.824. The molecule has 0 aromatic heterocycles. The predicted octanol–water partition coefficient (Wildman–Crippen LogP) is -0.682. The lowest BCUT2D eigenvalue weighted by Crippen LogP contribution is -2.08. The topological polar surface area (TPSA) is 47.8 Å². The molecule has 1 atom stereocenters. The van der Waals surface area contributed by atoms with Gasteiger partial charge < -0.3 is 15.2 Å². The number of hydrogen-bond donors (Lipinski definition) is 1. The van der Waals surface area contributed by atoms with Crippen molar-refractivity contribution < 1.29 is 9.47 Å². The lowest BCUT2D eigenvalue weighted by atomic mass is 10.5. The lowest BCUT2D eigenvalue weighted by molar-refractivity contribution is 0.122. The Balaban J connectivity index is 1.80. The number of nitrogens with two attached hydrogens (primary N) is 1. The summed E-state index contributed by atoms with van der Waals surface area (Å²) in [5, 5.41) is 0. The fourth-order valence-electron chi connectivity index (χ4n) is 0.364. The summed E-state index contributed by atoms with van der Waals surface area (Å²) in [6.45, 7) is 1.82. The van der Waals surface area contributed by atoms with Gasteiger partial charge in [-0.15, -0.1) is 0 Å². The highest BCUT2D eigenvalue weighted by Gasteiger charge is 2.21. The zero-order valence-corrected chi connectivity index (χ0v) is 4.09. The molecular formula is C4H9NO2. The van der Waals surface area contributed by atoms with E-state index in [0.717, 1.165) is 6.61 Å². The number of epoxide rings is 1. The summed E-state index contributed by atoms with van der Waals surface area (Å²) >= 11 is 0. The molecule has 1 heterocycles. The van der Waals surface area contributed by atoms with Crippen molar-refractivity contribution in [2.75, 3.05) is 19.9 Å². The first-order chi connectivity index (χ1) is 3.43. The van der Waals surface area contributed by atoms with E-state index in [1.54, 1.807) is 0 Å². The first-order valence-electron chi connectivity index (χ1n) is 2.33. The second-order valence-electron chi connectivity index (χ2n) is 1.49. The molecule has 42 valence electrons. The van der Waals surface area contributed by atoms with E-state index in [1.165, 1.54) is 0 Å². The lowest BCUT2D eigenvalue weighted by Gasteiger charge is -1.91. The molecule has 3 nitrogen and oxygen atoms in total. The van der Waals surface area contributed by atoms with Crippen LogP contribution in [0.5, 0.6) is 0 Å². The maximum Gasteiger partial charge on any atom is 0.104 e. The maximum atomic E-state index is 5.03. The Morgan fingerprint density at radius 3 is 3.00 bits per heavy atom. The average Bonchev–Trinajstić information content (AvgIpc) is 2.42. The normalized spacial score (nSPS) is 27.9. The van der Waals surface area contributed by atoms with Gasteiger partial charge in [-0.1, -0.05) is 0 Å². The van der Waals surface area contributed by atoms with Crippen molar-refractivity contribution in [3.8, 4) is 0 Å². The smallest absolute Gasteiger partial charge is 0.104 e. The van der Waals surface area contributed by atoms with Gasteiger partial charge in [-0.25, -0.2) is 0 Å². The van der Waals surface area contributed by atoms with E-state index in [9.17, 15) is 0 Å². The van der Waals surface area contributed by atoms with E-state index < -0.39 is 0 Å². The van der Waals surface area contributed by atoms with Crippen LogP contribution in [-0.2, 0) is 9.47 Å². The summed E-state index contributed by atoms with van der Waals surface area (Å²) in [4.78, 5) is 0. The zero-order chi connectivity index (χ0) is 5.11. The minimum Gasteiger partial charge on any atom is -0.371 e. The molecule has 0 amide bonds. The van der Waals surface area contributed by atoms with Gasteiger partial charge in [0.05, 0.1) is 19.9 Å². The SMILES string of the molecule is NCOCC1CO1. The minimum absolute atomic E-state index is 0.305. The molecule has 0 aliphatic carbocycles. The molecule has 0 aromatic carbocycles.